The number of methoxy groups -OCH3 is 1. The number of ether oxygens (including phenoxy) is 1. The van der Waals surface area contributed by atoms with Crippen LogP contribution in [0.1, 0.15) is 11.7 Å². The molecule has 2 heterocycles. The highest BCUT2D eigenvalue weighted by Crippen LogP contribution is 2.07. The van der Waals surface area contributed by atoms with Gasteiger partial charge in [0.05, 0.1) is 11.6 Å². The van der Waals surface area contributed by atoms with Gasteiger partial charge in [0, 0.05) is 12.5 Å². The van der Waals surface area contributed by atoms with Gasteiger partial charge in [-0.15, -0.1) is 0 Å². The van der Waals surface area contributed by atoms with Gasteiger partial charge in [-0.3, -0.25) is 4.79 Å². The van der Waals surface area contributed by atoms with E-state index in [4.69, 9.17) is 9.26 Å². The molecule has 1 aromatic carbocycles. The fraction of sp³-hybridized carbons (Fsp3) is 0.231. The Hall–Kier alpha value is -2.54. The van der Waals surface area contributed by atoms with E-state index in [-0.39, 0.29) is 18.7 Å². The maximum absolute atomic E-state index is 12.3. The van der Waals surface area contributed by atoms with Crippen LogP contribution in [-0.2, 0) is 17.9 Å². The zero-order chi connectivity index (χ0) is 13.9. The molecule has 0 amide bonds. The summed E-state index contributed by atoms with van der Waals surface area (Å²) in [6.07, 6.45) is 1.65. The van der Waals surface area contributed by atoms with Gasteiger partial charge in [0.25, 0.3) is 11.4 Å². The van der Waals surface area contributed by atoms with Crippen molar-refractivity contribution in [3.63, 3.8) is 0 Å². The van der Waals surface area contributed by atoms with Crippen LogP contribution in [0, 0.1) is 0 Å². The molecule has 0 aliphatic carbocycles. The van der Waals surface area contributed by atoms with Crippen molar-refractivity contribution in [1.82, 2.24) is 19.9 Å². The Bertz CT molecular complexity index is 793. The zero-order valence-corrected chi connectivity index (χ0v) is 10.8. The minimum absolute atomic E-state index is 0.164. The molecule has 0 N–H and O–H groups in total. The Morgan fingerprint density at radius 3 is 3.05 bits per heavy atom. The Balaban J connectivity index is 1.94. The van der Waals surface area contributed by atoms with Gasteiger partial charge in [-0.05, 0) is 6.07 Å². The third-order valence-electron chi connectivity index (χ3n) is 2.83. The van der Waals surface area contributed by atoms with Gasteiger partial charge >= 0.3 is 0 Å². The fourth-order valence-corrected chi connectivity index (χ4v) is 1.91. The van der Waals surface area contributed by atoms with Crippen LogP contribution in [0.25, 0.3) is 10.8 Å². The molecule has 0 bridgehead atoms. The Morgan fingerprint density at radius 1 is 1.35 bits per heavy atom. The molecule has 7 heteroatoms. The van der Waals surface area contributed by atoms with Gasteiger partial charge in [-0.2, -0.15) is 10.1 Å². The number of hydrogen-bond acceptors (Lipinski definition) is 6. The van der Waals surface area contributed by atoms with Gasteiger partial charge in [-0.1, -0.05) is 23.4 Å². The Kier molecular flexibility index (Phi) is 3.26. The molecule has 2 aromatic heterocycles. The first-order chi connectivity index (χ1) is 9.78. The average molecular weight is 272 g/mol. The second-order valence-corrected chi connectivity index (χ2v) is 4.23. The van der Waals surface area contributed by atoms with Crippen LogP contribution in [0.4, 0.5) is 0 Å². The van der Waals surface area contributed by atoms with Crippen molar-refractivity contribution in [3.05, 3.63) is 52.5 Å². The summed E-state index contributed by atoms with van der Waals surface area (Å²) in [4.78, 5) is 16.4. The van der Waals surface area contributed by atoms with Gasteiger partial charge in [0.2, 0.25) is 0 Å². The first-order valence-electron chi connectivity index (χ1n) is 6.03. The average Bonchev–Trinajstić information content (AvgIpc) is 2.90. The Morgan fingerprint density at radius 2 is 2.20 bits per heavy atom. The van der Waals surface area contributed by atoms with Crippen LogP contribution in [0.15, 0.2) is 39.8 Å². The molecule has 0 fully saturated rings. The van der Waals surface area contributed by atoms with Crippen LogP contribution >= 0.6 is 0 Å². The van der Waals surface area contributed by atoms with E-state index in [1.807, 2.05) is 18.2 Å². The third kappa shape index (κ3) is 2.30. The summed E-state index contributed by atoms with van der Waals surface area (Å²) < 4.78 is 11.2. The highest BCUT2D eigenvalue weighted by atomic mass is 16.5. The molecule has 0 aliphatic heterocycles. The van der Waals surface area contributed by atoms with E-state index in [0.29, 0.717) is 17.1 Å². The third-order valence-corrected chi connectivity index (χ3v) is 2.83. The number of rotatable bonds is 4. The molecule has 0 spiro atoms. The van der Waals surface area contributed by atoms with Crippen LogP contribution in [0.5, 0.6) is 0 Å². The second-order valence-electron chi connectivity index (χ2n) is 4.23. The van der Waals surface area contributed by atoms with Gasteiger partial charge in [-0.25, -0.2) is 4.68 Å². The number of benzene rings is 1. The molecule has 0 saturated heterocycles. The van der Waals surface area contributed by atoms with Crippen molar-refractivity contribution in [2.24, 2.45) is 0 Å². The summed E-state index contributed by atoms with van der Waals surface area (Å²) in [6, 6.07) is 7.30. The van der Waals surface area contributed by atoms with E-state index in [2.05, 4.69) is 15.2 Å². The standard InChI is InChI=1S/C13H12N4O3/c1-19-8-12-15-11(16-20-12)7-17-13(18)10-5-3-2-4-9(10)6-14-17/h2-6H,7-8H2,1H3. The van der Waals surface area contributed by atoms with Crippen LogP contribution in [0.3, 0.4) is 0 Å². The van der Waals surface area contributed by atoms with E-state index >= 15 is 0 Å². The van der Waals surface area contributed by atoms with Crippen molar-refractivity contribution in [3.8, 4) is 0 Å². The lowest BCUT2D eigenvalue weighted by molar-refractivity contribution is 0.151. The van der Waals surface area contributed by atoms with Crippen LogP contribution in [0.2, 0.25) is 0 Å². The smallest absolute Gasteiger partial charge is 0.275 e. The zero-order valence-electron chi connectivity index (χ0n) is 10.8. The topological polar surface area (TPSA) is 83.0 Å². The lowest BCUT2D eigenvalue weighted by Gasteiger charge is -2.02. The van der Waals surface area contributed by atoms with E-state index in [0.717, 1.165) is 5.39 Å². The quantitative estimate of drug-likeness (QED) is 0.704. The van der Waals surface area contributed by atoms with Crippen molar-refractivity contribution < 1.29 is 9.26 Å². The molecule has 0 atom stereocenters. The SMILES string of the molecule is COCc1nc(Cn2ncc3ccccc3c2=O)no1. The minimum Gasteiger partial charge on any atom is -0.375 e. The summed E-state index contributed by atoms with van der Waals surface area (Å²) >= 11 is 0. The molecule has 102 valence electrons. The molecule has 0 aliphatic rings. The first-order valence-corrected chi connectivity index (χ1v) is 6.03. The van der Waals surface area contributed by atoms with Crippen LogP contribution < -0.4 is 5.56 Å². The van der Waals surface area contributed by atoms with E-state index in [9.17, 15) is 4.79 Å². The lowest BCUT2D eigenvalue weighted by atomic mass is 10.2. The van der Waals surface area contributed by atoms with Crippen molar-refractivity contribution in [2.45, 2.75) is 13.2 Å². The van der Waals surface area contributed by atoms with Gasteiger partial charge in [0.15, 0.2) is 5.82 Å². The molecule has 3 aromatic rings. The molecule has 0 unspecified atom stereocenters. The lowest BCUT2D eigenvalue weighted by Crippen LogP contribution is -2.23. The van der Waals surface area contributed by atoms with Gasteiger partial charge < -0.3 is 9.26 Å². The van der Waals surface area contributed by atoms with Crippen LogP contribution in [-0.4, -0.2) is 27.0 Å². The highest BCUT2D eigenvalue weighted by molar-refractivity contribution is 5.80. The molecule has 0 radical (unpaired) electrons. The number of aromatic nitrogens is 4. The number of hydrogen-bond donors (Lipinski definition) is 0. The van der Waals surface area contributed by atoms with Crippen molar-refractivity contribution >= 4 is 10.8 Å². The summed E-state index contributed by atoms with van der Waals surface area (Å²) in [6.45, 7) is 0.407. The maximum atomic E-state index is 12.3. The number of nitrogens with zero attached hydrogens (tertiary/aromatic N) is 4. The Labute approximate surface area is 113 Å². The fourth-order valence-electron chi connectivity index (χ4n) is 1.91. The predicted molar refractivity (Wildman–Crippen MR) is 70.1 cm³/mol. The molecule has 0 saturated carbocycles. The first kappa shape index (κ1) is 12.5. The second kappa shape index (κ2) is 5.22. The molecular formula is C13H12N4O3. The van der Waals surface area contributed by atoms with E-state index < -0.39 is 0 Å². The summed E-state index contributed by atoms with van der Waals surface area (Å²) in [7, 11) is 1.54. The van der Waals surface area contributed by atoms with Crippen molar-refractivity contribution in [2.75, 3.05) is 7.11 Å². The minimum atomic E-state index is -0.179. The molecule has 7 nitrogen and oxygen atoms in total. The van der Waals surface area contributed by atoms with E-state index in [1.165, 1.54) is 4.68 Å². The molecular weight excluding hydrogens is 260 g/mol. The number of fused-ring (bicyclic) bond motifs is 1. The monoisotopic (exact) mass is 272 g/mol. The molecule has 20 heavy (non-hydrogen) atoms. The molecule has 3 rings (SSSR count). The normalized spacial score (nSPS) is 11.1. The summed E-state index contributed by atoms with van der Waals surface area (Å²) in [5.74, 6) is 0.762. The summed E-state index contributed by atoms with van der Waals surface area (Å²) in [5, 5.41) is 9.31. The summed E-state index contributed by atoms with van der Waals surface area (Å²) in [5.41, 5.74) is -0.179. The van der Waals surface area contributed by atoms with E-state index in [1.54, 1.807) is 19.4 Å². The van der Waals surface area contributed by atoms with Gasteiger partial charge in [0.1, 0.15) is 13.2 Å². The highest BCUT2D eigenvalue weighted by Gasteiger charge is 2.09. The largest absolute Gasteiger partial charge is 0.375 e. The predicted octanol–water partition coefficient (Wildman–Crippen LogP) is 0.974. The maximum Gasteiger partial charge on any atom is 0.275 e. The van der Waals surface area contributed by atoms with Crippen molar-refractivity contribution in [1.29, 1.82) is 0 Å².